The minimum absolute atomic E-state index is 0.0115. The molecule has 1 aliphatic rings. The Balaban J connectivity index is 1.56. The van der Waals surface area contributed by atoms with Crippen molar-refractivity contribution in [3.8, 4) is 17.0 Å². The van der Waals surface area contributed by atoms with Gasteiger partial charge in [0, 0.05) is 31.4 Å². The van der Waals surface area contributed by atoms with E-state index in [-0.39, 0.29) is 36.6 Å². The monoisotopic (exact) mass is 486 g/mol. The van der Waals surface area contributed by atoms with E-state index in [1.807, 2.05) is 29.2 Å². The normalized spacial score (nSPS) is 15.8. The Morgan fingerprint density at radius 2 is 2.00 bits per heavy atom. The fraction of sp³-hybridized carbons (Fsp3) is 0.192. The highest BCUT2D eigenvalue weighted by Crippen LogP contribution is 2.36. The summed E-state index contributed by atoms with van der Waals surface area (Å²) >= 11 is 0. The molecule has 0 radical (unpaired) electrons. The zero-order chi connectivity index (χ0) is 25.4. The highest BCUT2D eigenvalue weighted by molar-refractivity contribution is 5.99. The molecule has 1 saturated heterocycles. The Kier molecular flexibility index (Phi) is 5.90. The highest BCUT2D eigenvalue weighted by Gasteiger charge is 2.35. The summed E-state index contributed by atoms with van der Waals surface area (Å²) in [6.45, 7) is 10.9. The number of aromatic hydroxyl groups is 1. The van der Waals surface area contributed by atoms with Crippen LogP contribution in [0, 0.1) is 12.4 Å². The predicted molar refractivity (Wildman–Crippen MR) is 131 cm³/mol. The number of carbonyl (C=O) groups is 1. The molecular formula is C26H20F2N6O2. The number of phenols is 1. The Bertz CT molecular complexity index is 1570. The molecule has 0 unspecified atom stereocenters. The van der Waals surface area contributed by atoms with Gasteiger partial charge in [-0.15, -0.1) is 0 Å². The largest absolute Gasteiger partial charge is 0.508 e. The summed E-state index contributed by atoms with van der Waals surface area (Å²) in [5.74, 6) is -2.19. The number of hydrogen-bond acceptors (Lipinski definition) is 6. The first-order valence-corrected chi connectivity index (χ1v) is 11.1. The number of piperazine rings is 1. The Morgan fingerprint density at radius 1 is 1.19 bits per heavy atom. The van der Waals surface area contributed by atoms with Crippen LogP contribution in [0.25, 0.3) is 37.8 Å². The first-order valence-electron chi connectivity index (χ1n) is 11.1. The molecule has 1 atom stereocenters. The Morgan fingerprint density at radius 3 is 2.78 bits per heavy atom. The summed E-state index contributed by atoms with van der Waals surface area (Å²) in [6, 6.07) is 9.77. The van der Waals surface area contributed by atoms with Crippen molar-refractivity contribution in [2.45, 2.75) is 6.04 Å². The third-order valence-corrected chi connectivity index (χ3v) is 6.28. The number of phenolic OH excluding ortho intramolecular Hbond substituents is 1. The van der Waals surface area contributed by atoms with Gasteiger partial charge in [-0.05, 0) is 22.9 Å². The molecule has 0 saturated carbocycles. The second-order valence-electron chi connectivity index (χ2n) is 8.44. The molecule has 4 aromatic rings. The van der Waals surface area contributed by atoms with Crippen molar-refractivity contribution in [2.24, 2.45) is 0 Å². The topological polar surface area (TPSA) is 86.8 Å². The van der Waals surface area contributed by atoms with E-state index in [4.69, 9.17) is 6.57 Å². The van der Waals surface area contributed by atoms with E-state index >= 15 is 4.39 Å². The summed E-state index contributed by atoms with van der Waals surface area (Å²) in [4.78, 5) is 31.6. The van der Waals surface area contributed by atoms with Crippen molar-refractivity contribution < 1.29 is 18.7 Å². The van der Waals surface area contributed by atoms with Crippen molar-refractivity contribution >= 4 is 33.4 Å². The summed E-state index contributed by atoms with van der Waals surface area (Å²) in [7, 11) is 0. The molecule has 1 fully saturated rings. The van der Waals surface area contributed by atoms with Crippen LogP contribution in [0.5, 0.6) is 5.75 Å². The molecule has 3 heterocycles. The molecule has 5 rings (SSSR count). The number of rotatable bonds is 4. The van der Waals surface area contributed by atoms with Crippen LogP contribution >= 0.6 is 0 Å². The lowest BCUT2D eigenvalue weighted by Gasteiger charge is -2.39. The van der Waals surface area contributed by atoms with Crippen LogP contribution in [0.1, 0.15) is 0 Å². The van der Waals surface area contributed by atoms with Crippen molar-refractivity contribution in [2.75, 3.05) is 31.1 Å². The van der Waals surface area contributed by atoms with Crippen molar-refractivity contribution in [3.63, 3.8) is 0 Å². The zero-order valence-electron chi connectivity index (χ0n) is 19.0. The fourth-order valence-corrected chi connectivity index (χ4v) is 4.64. The third kappa shape index (κ3) is 3.94. The summed E-state index contributed by atoms with van der Waals surface area (Å²) in [5, 5.41) is 12.0. The molecule has 0 bridgehead atoms. The number of aromatic nitrogens is 3. The lowest BCUT2D eigenvalue weighted by Crippen LogP contribution is -2.56. The minimum atomic E-state index is -1.08. The zero-order valence-corrected chi connectivity index (χ0v) is 19.0. The van der Waals surface area contributed by atoms with E-state index in [1.165, 1.54) is 23.5 Å². The van der Waals surface area contributed by atoms with Gasteiger partial charge in [0.2, 0.25) is 6.54 Å². The fourth-order valence-electron chi connectivity index (χ4n) is 4.64. The van der Waals surface area contributed by atoms with Gasteiger partial charge < -0.3 is 19.8 Å². The smallest absolute Gasteiger partial charge is 0.282 e. The molecule has 180 valence electrons. The van der Waals surface area contributed by atoms with Gasteiger partial charge in [-0.1, -0.05) is 30.8 Å². The van der Waals surface area contributed by atoms with E-state index in [2.05, 4.69) is 26.4 Å². The first-order chi connectivity index (χ1) is 17.4. The van der Waals surface area contributed by atoms with Gasteiger partial charge in [0.25, 0.3) is 5.91 Å². The lowest BCUT2D eigenvalue weighted by molar-refractivity contribution is -0.131. The number of fused-ring (bicyclic) bond motifs is 2. The van der Waals surface area contributed by atoms with Gasteiger partial charge in [0.15, 0.2) is 11.6 Å². The number of carbonyl (C=O) groups excluding carboxylic acids is 1. The average Bonchev–Trinajstić information content (AvgIpc) is 2.88. The maximum atomic E-state index is 15.8. The van der Waals surface area contributed by atoms with Crippen molar-refractivity contribution in [1.29, 1.82) is 0 Å². The van der Waals surface area contributed by atoms with E-state index in [9.17, 15) is 14.3 Å². The second-order valence-corrected chi connectivity index (χ2v) is 8.44. The van der Waals surface area contributed by atoms with E-state index < -0.39 is 23.6 Å². The van der Waals surface area contributed by atoms with E-state index in [1.54, 1.807) is 6.07 Å². The van der Waals surface area contributed by atoms with Crippen LogP contribution in [0.4, 0.5) is 14.6 Å². The Labute approximate surface area is 205 Å². The van der Waals surface area contributed by atoms with Gasteiger partial charge in [-0.25, -0.2) is 25.3 Å². The molecule has 1 N–H and O–H groups in total. The van der Waals surface area contributed by atoms with Crippen molar-refractivity contribution in [3.05, 3.63) is 78.6 Å². The summed E-state index contributed by atoms with van der Waals surface area (Å²) < 4.78 is 29.3. The standard InChI is InChI=1S/C26H20F2N6O2/c1-15(27)26(36)34-8-7-33(13-17(34)11-29-2)25-21-12-30-23(22(28)24(21)31-14-32-25)20-10-18(35)9-16-5-3-4-6-19(16)20/h3-6,9-10,12,14,17,35H,1,7-8,11,13H2/t17-/m0/s1. The number of amides is 1. The molecule has 2 aromatic heterocycles. The van der Waals surface area contributed by atoms with Crippen LogP contribution in [-0.2, 0) is 4.79 Å². The van der Waals surface area contributed by atoms with Gasteiger partial charge in [0.05, 0.1) is 5.39 Å². The molecule has 2 aromatic carbocycles. The van der Waals surface area contributed by atoms with Crippen LogP contribution in [-0.4, -0.2) is 63.1 Å². The van der Waals surface area contributed by atoms with Crippen LogP contribution in [0.2, 0.25) is 0 Å². The first kappa shape index (κ1) is 23.1. The lowest BCUT2D eigenvalue weighted by atomic mass is 10.00. The number of pyridine rings is 1. The molecule has 36 heavy (non-hydrogen) atoms. The summed E-state index contributed by atoms with van der Waals surface area (Å²) in [5.41, 5.74) is 0.526. The maximum Gasteiger partial charge on any atom is 0.282 e. The highest BCUT2D eigenvalue weighted by atomic mass is 19.1. The molecular weight excluding hydrogens is 466 g/mol. The average molecular weight is 486 g/mol. The van der Waals surface area contributed by atoms with E-state index in [0.29, 0.717) is 23.3 Å². The van der Waals surface area contributed by atoms with Gasteiger partial charge in [0.1, 0.15) is 35.1 Å². The number of halogens is 2. The van der Waals surface area contributed by atoms with Gasteiger partial charge in [-0.3, -0.25) is 9.78 Å². The van der Waals surface area contributed by atoms with Crippen LogP contribution in [0.15, 0.2) is 61.3 Å². The molecule has 10 heteroatoms. The molecule has 0 aliphatic carbocycles. The number of hydrogen-bond donors (Lipinski definition) is 1. The predicted octanol–water partition coefficient (Wildman–Crippen LogP) is 4.11. The van der Waals surface area contributed by atoms with Gasteiger partial charge >= 0.3 is 0 Å². The quantitative estimate of drug-likeness (QED) is 0.345. The van der Waals surface area contributed by atoms with Crippen LogP contribution < -0.4 is 4.90 Å². The van der Waals surface area contributed by atoms with Gasteiger partial charge in [-0.2, -0.15) is 0 Å². The molecule has 0 spiro atoms. The Hall–Kier alpha value is -4.65. The molecule has 8 nitrogen and oxygen atoms in total. The van der Waals surface area contributed by atoms with Crippen LogP contribution in [0.3, 0.4) is 0 Å². The number of anilines is 1. The SMILES string of the molecule is [C-]#[N+]C[C@H]1CN(c2ncnc3c(F)c(-c4cc(O)cc5ccccc45)ncc23)CCN1C(=O)C(=C)F. The maximum absolute atomic E-state index is 15.8. The molecule has 1 aliphatic heterocycles. The number of nitrogens with zero attached hydrogens (tertiary/aromatic N) is 6. The van der Waals surface area contributed by atoms with Crippen molar-refractivity contribution in [1.82, 2.24) is 19.9 Å². The van der Waals surface area contributed by atoms with E-state index in [0.717, 1.165) is 10.8 Å². The summed E-state index contributed by atoms with van der Waals surface area (Å²) in [6.07, 6.45) is 2.72. The second kappa shape index (κ2) is 9.19. The minimum Gasteiger partial charge on any atom is -0.508 e. The molecule has 1 amide bonds. The third-order valence-electron chi connectivity index (χ3n) is 6.28. The number of benzene rings is 2.